The molecular formula is C10H12BrNS. The van der Waals surface area contributed by atoms with E-state index < -0.39 is 0 Å². The summed E-state index contributed by atoms with van der Waals surface area (Å²) >= 11 is 8.82. The zero-order valence-corrected chi connectivity index (χ0v) is 10.4. The second-order valence-electron chi connectivity index (χ2n) is 3.13. The van der Waals surface area contributed by atoms with Crippen LogP contribution in [0.3, 0.4) is 0 Å². The van der Waals surface area contributed by atoms with Crippen LogP contribution < -0.4 is 0 Å². The molecule has 0 heterocycles. The Morgan fingerprint density at radius 1 is 1.38 bits per heavy atom. The monoisotopic (exact) mass is 257 g/mol. The maximum absolute atomic E-state index is 5.32. The molecule has 0 spiro atoms. The average molecular weight is 258 g/mol. The number of benzene rings is 1. The van der Waals surface area contributed by atoms with Crippen molar-refractivity contribution in [1.29, 1.82) is 0 Å². The highest BCUT2D eigenvalue weighted by molar-refractivity contribution is 9.10. The zero-order chi connectivity index (χ0) is 10.0. The van der Waals surface area contributed by atoms with Gasteiger partial charge in [-0.05, 0) is 18.6 Å². The minimum Gasteiger partial charge on any atom is -0.368 e. The van der Waals surface area contributed by atoms with E-state index in [1.807, 2.05) is 31.1 Å². The van der Waals surface area contributed by atoms with Crippen LogP contribution in [0.25, 0.3) is 0 Å². The highest BCUT2D eigenvalue weighted by Crippen LogP contribution is 2.21. The topological polar surface area (TPSA) is 3.24 Å². The first-order valence-electron chi connectivity index (χ1n) is 4.01. The maximum Gasteiger partial charge on any atom is 0.110 e. The summed E-state index contributed by atoms with van der Waals surface area (Å²) in [5.41, 5.74) is 2.32. The highest BCUT2D eigenvalue weighted by Gasteiger charge is 2.09. The molecule has 1 aromatic carbocycles. The molecule has 3 heteroatoms. The van der Waals surface area contributed by atoms with Crippen LogP contribution in [0.1, 0.15) is 11.1 Å². The Morgan fingerprint density at radius 3 is 2.46 bits per heavy atom. The smallest absolute Gasteiger partial charge is 0.110 e. The standard InChI is InChI=1S/C10H12BrNS/c1-7-5-4-6-8(11)9(7)10(13)12(2)3/h4-6H,1-3H3. The summed E-state index contributed by atoms with van der Waals surface area (Å²) in [4.78, 5) is 2.81. The van der Waals surface area contributed by atoms with E-state index in [1.54, 1.807) is 0 Å². The van der Waals surface area contributed by atoms with E-state index in [0.717, 1.165) is 15.0 Å². The summed E-state index contributed by atoms with van der Waals surface area (Å²) in [6, 6.07) is 6.09. The summed E-state index contributed by atoms with van der Waals surface area (Å²) in [5, 5.41) is 0. The fourth-order valence-corrected chi connectivity index (χ4v) is 2.18. The van der Waals surface area contributed by atoms with Gasteiger partial charge >= 0.3 is 0 Å². The van der Waals surface area contributed by atoms with Crippen LogP contribution in [0.15, 0.2) is 22.7 Å². The van der Waals surface area contributed by atoms with Gasteiger partial charge in [-0.25, -0.2) is 0 Å². The summed E-state index contributed by atoms with van der Waals surface area (Å²) in [6.07, 6.45) is 0. The van der Waals surface area contributed by atoms with Crippen molar-refractivity contribution < 1.29 is 0 Å². The molecule has 1 aromatic rings. The number of halogens is 1. The van der Waals surface area contributed by atoms with Crippen molar-refractivity contribution in [2.24, 2.45) is 0 Å². The number of hydrogen-bond donors (Lipinski definition) is 0. The summed E-state index contributed by atoms with van der Waals surface area (Å²) < 4.78 is 1.06. The zero-order valence-electron chi connectivity index (χ0n) is 7.97. The third-order valence-corrected chi connectivity index (χ3v) is 3.07. The minimum atomic E-state index is 0.866. The Bertz CT molecular complexity index is 313. The van der Waals surface area contributed by atoms with Crippen molar-refractivity contribution >= 4 is 33.1 Å². The van der Waals surface area contributed by atoms with Crippen molar-refractivity contribution in [1.82, 2.24) is 4.90 Å². The van der Waals surface area contributed by atoms with Crippen molar-refractivity contribution in [2.45, 2.75) is 6.92 Å². The number of nitrogens with zero attached hydrogens (tertiary/aromatic N) is 1. The molecule has 0 aromatic heterocycles. The molecule has 70 valence electrons. The molecule has 0 aliphatic carbocycles. The van der Waals surface area contributed by atoms with Gasteiger partial charge in [0.15, 0.2) is 0 Å². The Kier molecular flexibility index (Phi) is 3.45. The van der Waals surface area contributed by atoms with Gasteiger partial charge in [0, 0.05) is 24.1 Å². The molecule has 0 aliphatic heterocycles. The normalized spacial score (nSPS) is 9.85. The Hall–Kier alpha value is -0.410. The molecule has 0 radical (unpaired) electrons. The fraction of sp³-hybridized carbons (Fsp3) is 0.300. The van der Waals surface area contributed by atoms with Crippen molar-refractivity contribution in [3.05, 3.63) is 33.8 Å². The molecule has 0 saturated carbocycles. The third kappa shape index (κ3) is 2.29. The van der Waals surface area contributed by atoms with Gasteiger partial charge in [-0.1, -0.05) is 40.3 Å². The van der Waals surface area contributed by atoms with Crippen LogP contribution >= 0.6 is 28.1 Å². The first-order chi connectivity index (χ1) is 6.04. The summed E-state index contributed by atoms with van der Waals surface area (Å²) in [5.74, 6) is 0. The molecule has 1 rings (SSSR count). The van der Waals surface area contributed by atoms with Gasteiger partial charge in [-0.2, -0.15) is 0 Å². The lowest BCUT2D eigenvalue weighted by molar-refractivity contribution is 0.636. The van der Waals surface area contributed by atoms with E-state index in [9.17, 15) is 0 Å². The Labute approximate surface area is 92.9 Å². The number of rotatable bonds is 1. The predicted octanol–water partition coefficient (Wildman–Crippen LogP) is 2.99. The van der Waals surface area contributed by atoms with Crippen molar-refractivity contribution in [2.75, 3.05) is 14.1 Å². The molecule has 0 fully saturated rings. The van der Waals surface area contributed by atoms with Crippen LogP contribution in [-0.2, 0) is 0 Å². The first kappa shape index (κ1) is 10.7. The Morgan fingerprint density at radius 2 is 2.00 bits per heavy atom. The second-order valence-corrected chi connectivity index (χ2v) is 4.37. The van der Waals surface area contributed by atoms with Crippen molar-refractivity contribution in [3.63, 3.8) is 0 Å². The predicted molar refractivity (Wildman–Crippen MR) is 64.3 cm³/mol. The fourth-order valence-electron chi connectivity index (χ4n) is 1.13. The van der Waals surface area contributed by atoms with E-state index in [-0.39, 0.29) is 0 Å². The molecule has 0 bridgehead atoms. The van der Waals surface area contributed by atoms with Gasteiger partial charge in [0.25, 0.3) is 0 Å². The minimum absolute atomic E-state index is 0.866. The average Bonchev–Trinajstić information content (AvgIpc) is 2.03. The van der Waals surface area contributed by atoms with E-state index in [0.29, 0.717) is 0 Å². The lowest BCUT2D eigenvalue weighted by Gasteiger charge is -2.16. The molecule has 0 N–H and O–H groups in total. The third-order valence-electron chi connectivity index (χ3n) is 1.84. The number of thiocarbonyl (C=S) groups is 1. The van der Waals surface area contributed by atoms with Crippen molar-refractivity contribution in [3.8, 4) is 0 Å². The van der Waals surface area contributed by atoms with Crippen LogP contribution in [0.2, 0.25) is 0 Å². The van der Waals surface area contributed by atoms with Gasteiger partial charge < -0.3 is 4.90 Å². The molecule has 0 atom stereocenters. The van der Waals surface area contributed by atoms with Gasteiger partial charge in [0.05, 0.1) is 0 Å². The number of aryl methyl sites for hydroxylation is 1. The molecular weight excluding hydrogens is 246 g/mol. The van der Waals surface area contributed by atoms with Gasteiger partial charge in [0.2, 0.25) is 0 Å². The Balaban J connectivity index is 3.20. The molecule has 0 unspecified atom stereocenters. The first-order valence-corrected chi connectivity index (χ1v) is 5.21. The molecule has 13 heavy (non-hydrogen) atoms. The van der Waals surface area contributed by atoms with E-state index in [2.05, 4.69) is 28.9 Å². The highest BCUT2D eigenvalue weighted by atomic mass is 79.9. The lowest BCUT2D eigenvalue weighted by Crippen LogP contribution is -2.21. The molecule has 0 saturated heterocycles. The lowest BCUT2D eigenvalue weighted by atomic mass is 10.1. The summed E-state index contributed by atoms with van der Waals surface area (Å²) in [7, 11) is 3.92. The van der Waals surface area contributed by atoms with E-state index in [1.165, 1.54) is 5.56 Å². The maximum atomic E-state index is 5.32. The van der Waals surface area contributed by atoms with E-state index >= 15 is 0 Å². The van der Waals surface area contributed by atoms with E-state index in [4.69, 9.17) is 12.2 Å². The van der Waals surface area contributed by atoms with Gasteiger partial charge in [-0.3, -0.25) is 0 Å². The molecule has 1 nitrogen and oxygen atoms in total. The summed E-state index contributed by atoms with van der Waals surface area (Å²) in [6.45, 7) is 2.07. The van der Waals surface area contributed by atoms with Gasteiger partial charge in [0.1, 0.15) is 4.99 Å². The van der Waals surface area contributed by atoms with Crippen LogP contribution in [0, 0.1) is 6.92 Å². The second kappa shape index (κ2) is 4.20. The molecule has 0 amide bonds. The number of hydrogen-bond acceptors (Lipinski definition) is 1. The van der Waals surface area contributed by atoms with Crippen LogP contribution in [-0.4, -0.2) is 24.0 Å². The van der Waals surface area contributed by atoms with Gasteiger partial charge in [-0.15, -0.1) is 0 Å². The quantitative estimate of drug-likeness (QED) is 0.712. The molecule has 0 aliphatic rings. The SMILES string of the molecule is Cc1cccc(Br)c1C(=S)N(C)C. The largest absolute Gasteiger partial charge is 0.368 e. The van der Waals surface area contributed by atoms with Crippen LogP contribution in [0.5, 0.6) is 0 Å². The van der Waals surface area contributed by atoms with Crippen LogP contribution in [0.4, 0.5) is 0 Å².